The van der Waals surface area contributed by atoms with Gasteiger partial charge in [-0.15, -0.1) is 0 Å². The zero-order chi connectivity index (χ0) is 13.6. The molecule has 0 aliphatic carbocycles. The third-order valence-corrected chi connectivity index (χ3v) is 3.82. The standard InChI is InChI=1S/C13H10BrN3O2/c1-7-3-10-11(19-6-18-10)4-8(7)13-12(14)9(5-15)16-17(13)2/h3-4H,6H2,1-2H3. The summed E-state index contributed by atoms with van der Waals surface area (Å²) in [4.78, 5) is 0. The highest BCUT2D eigenvalue weighted by molar-refractivity contribution is 9.10. The first-order valence-electron chi connectivity index (χ1n) is 5.65. The van der Waals surface area contributed by atoms with E-state index >= 15 is 0 Å². The molecule has 0 N–H and O–H groups in total. The second-order valence-corrected chi connectivity index (χ2v) is 5.06. The van der Waals surface area contributed by atoms with Gasteiger partial charge >= 0.3 is 0 Å². The molecule has 6 heteroatoms. The summed E-state index contributed by atoms with van der Waals surface area (Å²) in [5.41, 5.74) is 3.23. The van der Waals surface area contributed by atoms with Gasteiger partial charge in [-0.05, 0) is 40.5 Å². The maximum Gasteiger partial charge on any atom is 0.231 e. The number of halogens is 1. The Morgan fingerprint density at radius 1 is 1.37 bits per heavy atom. The normalized spacial score (nSPS) is 12.5. The van der Waals surface area contributed by atoms with Gasteiger partial charge in [-0.25, -0.2) is 0 Å². The summed E-state index contributed by atoms with van der Waals surface area (Å²) in [6.07, 6.45) is 0. The van der Waals surface area contributed by atoms with Gasteiger partial charge in [0.15, 0.2) is 17.2 Å². The van der Waals surface area contributed by atoms with Crippen LogP contribution in [0.3, 0.4) is 0 Å². The molecule has 1 aromatic heterocycles. The molecule has 0 saturated heterocycles. The Hall–Kier alpha value is -2.00. The van der Waals surface area contributed by atoms with Crippen molar-refractivity contribution in [3.05, 3.63) is 27.9 Å². The molecule has 96 valence electrons. The summed E-state index contributed by atoms with van der Waals surface area (Å²) in [5, 5.41) is 13.2. The number of nitriles is 1. The van der Waals surface area contributed by atoms with Crippen LogP contribution in [0, 0.1) is 18.3 Å². The largest absolute Gasteiger partial charge is 0.454 e. The molecule has 0 radical (unpaired) electrons. The number of ether oxygens (including phenoxy) is 2. The molecule has 0 unspecified atom stereocenters. The molecule has 3 rings (SSSR count). The number of aromatic nitrogens is 2. The first-order valence-corrected chi connectivity index (χ1v) is 6.44. The van der Waals surface area contributed by atoms with Crippen LogP contribution in [0.2, 0.25) is 0 Å². The van der Waals surface area contributed by atoms with Crippen molar-refractivity contribution in [2.24, 2.45) is 7.05 Å². The molecular weight excluding hydrogens is 310 g/mol. The maximum atomic E-state index is 9.03. The third kappa shape index (κ3) is 1.78. The third-order valence-electron chi connectivity index (χ3n) is 3.07. The smallest absolute Gasteiger partial charge is 0.231 e. The molecule has 2 aromatic rings. The topological polar surface area (TPSA) is 60.1 Å². The van der Waals surface area contributed by atoms with Gasteiger partial charge in [-0.1, -0.05) is 0 Å². The van der Waals surface area contributed by atoms with E-state index in [-0.39, 0.29) is 6.79 Å². The highest BCUT2D eigenvalue weighted by Crippen LogP contribution is 2.40. The lowest BCUT2D eigenvalue weighted by atomic mass is 10.0. The number of aryl methyl sites for hydroxylation is 2. The van der Waals surface area contributed by atoms with E-state index in [1.165, 1.54) is 0 Å². The Morgan fingerprint density at radius 3 is 2.68 bits per heavy atom. The summed E-state index contributed by atoms with van der Waals surface area (Å²) in [6.45, 7) is 2.23. The van der Waals surface area contributed by atoms with E-state index in [0.717, 1.165) is 22.6 Å². The quantitative estimate of drug-likeness (QED) is 0.811. The van der Waals surface area contributed by atoms with Crippen LogP contribution >= 0.6 is 15.9 Å². The molecule has 0 amide bonds. The molecule has 1 aromatic carbocycles. The fourth-order valence-corrected chi connectivity index (χ4v) is 2.80. The molecule has 0 fully saturated rings. The van der Waals surface area contributed by atoms with Crippen LogP contribution in [-0.4, -0.2) is 16.6 Å². The second-order valence-electron chi connectivity index (χ2n) is 4.27. The van der Waals surface area contributed by atoms with Crippen molar-refractivity contribution in [2.75, 3.05) is 6.79 Å². The number of fused-ring (bicyclic) bond motifs is 1. The van der Waals surface area contributed by atoms with E-state index in [9.17, 15) is 0 Å². The molecule has 0 bridgehead atoms. The molecule has 1 aliphatic heterocycles. The van der Waals surface area contributed by atoms with E-state index in [0.29, 0.717) is 15.9 Å². The minimum atomic E-state index is 0.244. The van der Waals surface area contributed by atoms with Gasteiger partial charge in [0, 0.05) is 12.6 Å². The van der Waals surface area contributed by atoms with Crippen molar-refractivity contribution in [1.29, 1.82) is 5.26 Å². The second kappa shape index (κ2) is 4.28. The molecule has 1 aliphatic rings. The zero-order valence-electron chi connectivity index (χ0n) is 10.4. The van der Waals surface area contributed by atoms with E-state index in [4.69, 9.17) is 14.7 Å². The van der Waals surface area contributed by atoms with Gasteiger partial charge in [0.05, 0.1) is 10.2 Å². The summed E-state index contributed by atoms with van der Waals surface area (Å²) in [6, 6.07) is 5.91. The van der Waals surface area contributed by atoms with Crippen LogP contribution in [0.5, 0.6) is 11.5 Å². The molecular formula is C13H10BrN3O2. The van der Waals surface area contributed by atoms with Crippen molar-refractivity contribution in [3.8, 4) is 28.8 Å². The van der Waals surface area contributed by atoms with Crippen LogP contribution in [0.1, 0.15) is 11.3 Å². The van der Waals surface area contributed by atoms with E-state index in [1.54, 1.807) is 4.68 Å². The highest BCUT2D eigenvalue weighted by Gasteiger charge is 2.21. The van der Waals surface area contributed by atoms with Gasteiger partial charge in [-0.2, -0.15) is 10.4 Å². The monoisotopic (exact) mass is 319 g/mol. The fourth-order valence-electron chi connectivity index (χ4n) is 2.16. The Labute approximate surface area is 118 Å². The molecule has 0 saturated carbocycles. The lowest BCUT2D eigenvalue weighted by molar-refractivity contribution is 0.174. The molecule has 0 atom stereocenters. The summed E-state index contributed by atoms with van der Waals surface area (Å²) < 4.78 is 13.1. The summed E-state index contributed by atoms with van der Waals surface area (Å²) in [7, 11) is 1.81. The first kappa shape index (κ1) is 12.1. The van der Waals surface area contributed by atoms with Gasteiger partial charge in [0.25, 0.3) is 0 Å². The van der Waals surface area contributed by atoms with Crippen molar-refractivity contribution in [2.45, 2.75) is 6.92 Å². The number of hydrogen-bond donors (Lipinski definition) is 0. The van der Waals surface area contributed by atoms with Crippen LogP contribution in [0.25, 0.3) is 11.3 Å². The van der Waals surface area contributed by atoms with E-state index in [1.807, 2.05) is 26.1 Å². The van der Waals surface area contributed by atoms with Gasteiger partial charge in [0.2, 0.25) is 6.79 Å². The molecule has 19 heavy (non-hydrogen) atoms. The lowest BCUT2D eigenvalue weighted by Gasteiger charge is -2.08. The highest BCUT2D eigenvalue weighted by atomic mass is 79.9. The fraction of sp³-hybridized carbons (Fsp3) is 0.231. The number of benzene rings is 1. The maximum absolute atomic E-state index is 9.03. The predicted molar refractivity (Wildman–Crippen MR) is 71.9 cm³/mol. The van der Waals surface area contributed by atoms with E-state index in [2.05, 4.69) is 27.1 Å². The Balaban J connectivity index is 2.23. The number of hydrogen-bond acceptors (Lipinski definition) is 4. The number of nitrogens with zero attached hydrogens (tertiary/aromatic N) is 3. The predicted octanol–water partition coefficient (Wildman–Crippen LogP) is 2.76. The Morgan fingerprint density at radius 2 is 2.05 bits per heavy atom. The summed E-state index contributed by atoms with van der Waals surface area (Å²) in [5.74, 6) is 1.47. The SMILES string of the molecule is Cc1cc2c(cc1-c1c(Br)c(C#N)nn1C)OCO2. The zero-order valence-corrected chi connectivity index (χ0v) is 12.0. The van der Waals surface area contributed by atoms with E-state index < -0.39 is 0 Å². The average Bonchev–Trinajstić information content (AvgIpc) is 2.93. The van der Waals surface area contributed by atoms with Gasteiger partial charge < -0.3 is 9.47 Å². The number of rotatable bonds is 1. The van der Waals surface area contributed by atoms with Crippen molar-refractivity contribution >= 4 is 15.9 Å². The van der Waals surface area contributed by atoms with Crippen LogP contribution in [0.15, 0.2) is 16.6 Å². The molecule has 2 heterocycles. The van der Waals surface area contributed by atoms with Crippen LogP contribution in [0.4, 0.5) is 0 Å². The molecule has 5 nitrogen and oxygen atoms in total. The van der Waals surface area contributed by atoms with Gasteiger partial charge in [0.1, 0.15) is 6.07 Å². The average molecular weight is 320 g/mol. The van der Waals surface area contributed by atoms with Gasteiger partial charge in [-0.3, -0.25) is 4.68 Å². The van der Waals surface area contributed by atoms with Crippen LogP contribution < -0.4 is 9.47 Å². The van der Waals surface area contributed by atoms with Crippen molar-refractivity contribution in [3.63, 3.8) is 0 Å². The minimum absolute atomic E-state index is 0.244. The lowest BCUT2D eigenvalue weighted by Crippen LogP contribution is -1.96. The molecule has 0 spiro atoms. The van der Waals surface area contributed by atoms with Crippen LogP contribution in [-0.2, 0) is 7.05 Å². The first-order chi connectivity index (χ1) is 9.11. The van der Waals surface area contributed by atoms with Crippen molar-refractivity contribution in [1.82, 2.24) is 9.78 Å². The summed E-state index contributed by atoms with van der Waals surface area (Å²) >= 11 is 3.44. The Bertz CT molecular complexity index is 716. The minimum Gasteiger partial charge on any atom is -0.454 e. The Kier molecular flexibility index (Phi) is 2.72. The van der Waals surface area contributed by atoms with Crippen molar-refractivity contribution < 1.29 is 9.47 Å².